The molecule has 11 heavy (non-hydrogen) atoms. The second-order valence-electron chi connectivity index (χ2n) is 2.45. The van der Waals surface area contributed by atoms with Crippen molar-refractivity contribution >= 4 is 17.8 Å². The van der Waals surface area contributed by atoms with E-state index in [0.717, 1.165) is 16.9 Å². The normalized spacial score (nSPS) is 12.5. The summed E-state index contributed by atoms with van der Waals surface area (Å²) < 4.78 is 0. The van der Waals surface area contributed by atoms with Crippen LogP contribution in [0.3, 0.4) is 0 Å². The third kappa shape index (κ3) is 1.02. The lowest BCUT2D eigenvalue weighted by Crippen LogP contribution is -1.98. The van der Waals surface area contributed by atoms with Gasteiger partial charge in [-0.3, -0.25) is 5.43 Å². The molecule has 3 nitrogen and oxygen atoms in total. The zero-order chi connectivity index (χ0) is 7.68. The lowest BCUT2D eigenvalue weighted by atomic mass is 10.2. The van der Waals surface area contributed by atoms with E-state index in [9.17, 15) is 0 Å². The Morgan fingerprint density at radius 1 is 1.55 bits per heavy atom. The highest BCUT2D eigenvalue weighted by Crippen LogP contribution is 2.15. The summed E-state index contributed by atoms with van der Waals surface area (Å²) in [6, 6.07) is 2.04. The maximum atomic E-state index is 4.14. The minimum Gasteiger partial charge on any atom is -0.253 e. The number of hydrogen-bond acceptors (Lipinski definition) is 3. The maximum Gasteiger partial charge on any atom is 0.154 e. The Kier molecular flexibility index (Phi) is 1.24. The van der Waals surface area contributed by atoms with Crippen LogP contribution in [0.5, 0.6) is 0 Å². The van der Waals surface area contributed by atoms with Crippen molar-refractivity contribution in [2.24, 2.45) is 5.10 Å². The van der Waals surface area contributed by atoms with E-state index in [0.29, 0.717) is 0 Å². The van der Waals surface area contributed by atoms with Crippen LogP contribution < -0.4 is 5.43 Å². The molecule has 2 rings (SSSR count). The lowest BCUT2D eigenvalue weighted by molar-refractivity contribution is 1.19. The molecule has 3 heteroatoms. The second kappa shape index (κ2) is 2.22. The summed E-state index contributed by atoms with van der Waals surface area (Å²) in [6.45, 7) is 2.01. The van der Waals surface area contributed by atoms with Gasteiger partial charge in [0.2, 0.25) is 0 Å². The molecule has 0 atom stereocenters. The van der Waals surface area contributed by atoms with E-state index in [2.05, 4.69) is 21.4 Å². The average molecular weight is 145 g/mol. The van der Waals surface area contributed by atoms with Crippen LogP contribution in [0.2, 0.25) is 0 Å². The molecular formula is C8H7N3. The van der Waals surface area contributed by atoms with Gasteiger partial charge in [0, 0.05) is 23.7 Å². The van der Waals surface area contributed by atoms with Gasteiger partial charge in [0.1, 0.15) is 0 Å². The van der Waals surface area contributed by atoms with Gasteiger partial charge in [0.05, 0.1) is 0 Å². The maximum absolute atomic E-state index is 4.14. The highest BCUT2D eigenvalue weighted by atomic mass is 15.3. The van der Waals surface area contributed by atoms with Crippen molar-refractivity contribution in [3.8, 4) is 0 Å². The Labute approximate surface area is 64.5 Å². The van der Waals surface area contributed by atoms with E-state index in [1.807, 2.05) is 19.1 Å². The average Bonchev–Trinajstić information content (AvgIpc) is 2.04. The quantitative estimate of drug-likeness (QED) is 0.599. The smallest absolute Gasteiger partial charge is 0.154 e. The van der Waals surface area contributed by atoms with Gasteiger partial charge in [-0.05, 0) is 18.6 Å². The number of anilines is 1. The number of aryl methyl sites for hydroxylation is 1. The predicted octanol–water partition coefficient (Wildman–Crippen LogP) is 1.41. The fourth-order valence-electron chi connectivity index (χ4n) is 0.982. The summed E-state index contributed by atoms with van der Waals surface area (Å²) in [4.78, 5) is 4.14. The summed E-state index contributed by atoms with van der Waals surface area (Å²) in [7, 11) is 0. The Balaban J connectivity index is 2.62. The summed E-state index contributed by atoms with van der Waals surface area (Å²) in [5.74, 6) is 3.52. The largest absolute Gasteiger partial charge is 0.253 e. The molecule has 0 amide bonds. The van der Waals surface area contributed by atoms with Gasteiger partial charge in [-0.1, -0.05) is 0 Å². The van der Waals surface area contributed by atoms with Crippen molar-refractivity contribution < 1.29 is 0 Å². The Bertz CT molecular complexity index is 348. The molecule has 0 unspecified atom stereocenters. The van der Waals surface area contributed by atoms with Crippen LogP contribution in [0.4, 0.5) is 5.82 Å². The number of fused-ring (bicyclic) bond motifs is 1. The van der Waals surface area contributed by atoms with Crippen molar-refractivity contribution in [3.05, 3.63) is 23.4 Å². The second-order valence-corrected chi connectivity index (χ2v) is 2.45. The fraction of sp³-hybridized carbons (Fsp3) is 0.125. The highest BCUT2D eigenvalue weighted by molar-refractivity contribution is 5.85. The van der Waals surface area contributed by atoms with Crippen LogP contribution in [0.25, 0.3) is 6.08 Å². The Morgan fingerprint density at radius 2 is 2.45 bits per heavy atom. The number of hydrazone groups is 1. The first-order chi connectivity index (χ1) is 5.36. The number of nitrogens with zero attached hydrogens (tertiary/aromatic N) is 2. The standard InChI is InChI=1S/C8H7N3/c1-6-4-7-2-3-10-11-8(7)9-5-6/h2,4-5H,1H3,(H,9,11). The topological polar surface area (TPSA) is 37.3 Å². The van der Waals surface area contributed by atoms with Crippen LogP contribution in [-0.2, 0) is 0 Å². The third-order valence-corrected chi connectivity index (χ3v) is 1.50. The summed E-state index contributed by atoms with van der Waals surface area (Å²) in [5, 5.41) is 3.73. The van der Waals surface area contributed by atoms with E-state index in [4.69, 9.17) is 0 Å². The molecule has 2 heterocycles. The molecule has 0 spiro atoms. The van der Waals surface area contributed by atoms with Crippen molar-refractivity contribution in [3.63, 3.8) is 0 Å². The third-order valence-electron chi connectivity index (χ3n) is 1.50. The minimum absolute atomic E-state index is 0.800. The van der Waals surface area contributed by atoms with Gasteiger partial charge in [-0.25, -0.2) is 4.98 Å². The highest BCUT2D eigenvalue weighted by Gasteiger charge is 2.01. The first-order valence-corrected chi connectivity index (χ1v) is 3.37. The summed E-state index contributed by atoms with van der Waals surface area (Å²) >= 11 is 0. The van der Waals surface area contributed by atoms with Crippen LogP contribution >= 0.6 is 0 Å². The summed E-state index contributed by atoms with van der Waals surface area (Å²) in [5.41, 5.74) is 4.95. The van der Waals surface area contributed by atoms with Gasteiger partial charge >= 0.3 is 0 Å². The number of rotatable bonds is 0. The van der Waals surface area contributed by atoms with E-state index in [1.165, 1.54) is 0 Å². The molecule has 1 aromatic rings. The molecule has 54 valence electrons. The van der Waals surface area contributed by atoms with Crippen molar-refractivity contribution in [2.45, 2.75) is 6.92 Å². The van der Waals surface area contributed by atoms with Crippen LogP contribution in [-0.4, -0.2) is 10.9 Å². The number of nitrogens with one attached hydrogen (secondary N) is 1. The molecule has 1 N–H and O–H groups in total. The number of hydrogen-bond donors (Lipinski definition) is 1. The molecule has 0 saturated heterocycles. The van der Waals surface area contributed by atoms with E-state index in [1.54, 1.807) is 6.20 Å². The van der Waals surface area contributed by atoms with Crippen molar-refractivity contribution in [2.75, 3.05) is 5.43 Å². The zero-order valence-corrected chi connectivity index (χ0v) is 6.13. The van der Waals surface area contributed by atoms with Crippen LogP contribution in [0.1, 0.15) is 11.1 Å². The van der Waals surface area contributed by atoms with Gasteiger partial charge < -0.3 is 0 Å². The molecule has 1 aliphatic rings. The first-order valence-electron chi connectivity index (χ1n) is 3.37. The van der Waals surface area contributed by atoms with Gasteiger partial charge in [0.25, 0.3) is 0 Å². The Hall–Kier alpha value is -1.60. The Morgan fingerprint density at radius 3 is 3.36 bits per heavy atom. The summed E-state index contributed by atoms with van der Waals surface area (Å²) in [6.07, 6.45) is 3.62. The van der Waals surface area contributed by atoms with Crippen molar-refractivity contribution in [1.82, 2.24) is 4.98 Å². The van der Waals surface area contributed by atoms with E-state index >= 15 is 0 Å². The molecule has 0 fully saturated rings. The molecular weight excluding hydrogens is 138 g/mol. The van der Waals surface area contributed by atoms with E-state index in [-0.39, 0.29) is 0 Å². The van der Waals surface area contributed by atoms with Gasteiger partial charge in [-0.15, -0.1) is 5.10 Å². The molecule has 0 saturated carbocycles. The number of aromatic nitrogens is 1. The van der Waals surface area contributed by atoms with Gasteiger partial charge in [-0.2, -0.15) is 0 Å². The molecule has 0 bridgehead atoms. The SMILES string of the molecule is Cc1cnc2c(c1)C=C=NN2. The number of pyridine rings is 1. The van der Waals surface area contributed by atoms with Crippen molar-refractivity contribution in [1.29, 1.82) is 0 Å². The minimum atomic E-state index is 0.800. The fourth-order valence-corrected chi connectivity index (χ4v) is 0.982. The molecule has 1 aromatic heterocycles. The lowest BCUT2D eigenvalue weighted by Gasteiger charge is -2.05. The zero-order valence-electron chi connectivity index (χ0n) is 6.13. The van der Waals surface area contributed by atoms with Crippen LogP contribution in [0, 0.1) is 6.92 Å². The van der Waals surface area contributed by atoms with Gasteiger partial charge in [0.15, 0.2) is 5.82 Å². The van der Waals surface area contributed by atoms with E-state index < -0.39 is 0 Å². The van der Waals surface area contributed by atoms with Crippen LogP contribution in [0.15, 0.2) is 17.4 Å². The molecule has 1 aliphatic heterocycles. The monoisotopic (exact) mass is 145 g/mol. The molecule has 0 aromatic carbocycles. The molecule has 0 aliphatic carbocycles. The first kappa shape index (κ1) is 6.13. The predicted molar refractivity (Wildman–Crippen MR) is 44.5 cm³/mol. The molecule has 0 radical (unpaired) electrons.